The number of benzene rings is 1. The number of fused-ring (bicyclic) bond motifs is 2. The Hall–Kier alpha value is -2.99. The van der Waals surface area contributed by atoms with Crippen molar-refractivity contribution < 1.29 is 5.11 Å². The molecule has 6 heteroatoms. The van der Waals surface area contributed by atoms with Gasteiger partial charge in [0.05, 0.1) is 5.69 Å². The molecule has 2 fully saturated rings. The standard InChI is InChI=1S/C24H27N5O/c1-15-3-4-17(14-25-15)16-5-8-21(23(30)11-16)22-9-10-24(28-27-22)29(2)20-12-18-6-7-19(13-20)26-18/h3-5,8-11,14,18-20,26,30H,6-7,12-13H2,1-2H3/t18-,19+,20-. The summed E-state index contributed by atoms with van der Waals surface area (Å²) in [7, 11) is 2.11. The largest absolute Gasteiger partial charge is 0.507 e. The summed E-state index contributed by atoms with van der Waals surface area (Å²) in [4.78, 5) is 6.59. The molecular formula is C24H27N5O. The second kappa shape index (κ2) is 7.69. The maximum Gasteiger partial charge on any atom is 0.151 e. The predicted octanol–water partition coefficient (Wildman–Crippen LogP) is 3.94. The smallest absolute Gasteiger partial charge is 0.151 e. The third-order valence-electron chi connectivity index (χ3n) is 6.53. The summed E-state index contributed by atoms with van der Waals surface area (Å²) >= 11 is 0. The fourth-order valence-electron chi connectivity index (χ4n) is 4.75. The fraction of sp³-hybridized carbons (Fsp3) is 0.375. The van der Waals surface area contributed by atoms with Crippen molar-refractivity contribution in [3.8, 4) is 28.1 Å². The molecule has 2 aliphatic rings. The molecule has 2 aromatic heterocycles. The van der Waals surface area contributed by atoms with Gasteiger partial charge in [0, 0.05) is 48.2 Å². The van der Waals surface area contributed by atoms with Gasteiger partial charge in [0.15, 0.2) is 5.82 Å². The molecule has 0 spiro atoms. The second-order valence-corrected chi connectivity index (χ2v) is 8.57. The van der Waals surface area contributed by atoms with E-state index < -0.39 is 0 Å². The molecule has 0 unspecified atom stereocenters. The van der Waals surface area contributed by atoms with Crippen molar-refractivity contribution in [3.63, 3.8) is 0 Å². The first kappa shape index (κ1) is 19.0. The number of hydrogen-bond donors (Lipinski definition) is 2. The van der Waals surface area contributed by atoms with Crippen molar-refractivity contribution in [2.75, 3.05) is 11.9 Å². The summed E-state index contributed by atoms with van der Waals surface area (Å²) in [5.41, 5.74) is 4.22. The summed E-state index contributed by atoms with van der Waals surface area (Å²) in [5, 5.41) is 23.2. The molecule has 0 saturated carbocycles. The molecule has 4 heterocycles. The van der Waals surface area contributed by atoms with Crippen LogP contribution in [0.2, 0.25) is 0 Å². The number of phenolic OH excluding ortho intramolecular Hbond substituents is 1. The molecule has 0 amide bonds. The third kappa shape index (κ3) is 3.63. The minimum absolute atomic E-state index is 0.193. The lowest BCUT2D eigenvalue weighted by Gasteiger charge is -2.36. The van der Waals surface area contributed by atoms with Crippen LogP contribution in [0.3, 0.4) is 0 Å². The van der Waals surface area contributed by atoms with Crippen LogP contribution in [0.15, 0.2) is 48.7 Å². The zero-order valence-corrected chi connectivity index (χ0v) is 17.4. The first-order valence-electron chi connectivity index (χ1n) is 10.7. The first-order valence-corrected chi connectivity index (χ1v) is 10.7. The Bertz CT molecular complexity index is 1020. The second-order valence-electron chi connectivity index (χ2n) is 8.57. The fourth-order valence-corrected chi connectivity index (χ4v) is 4.75. The van der Waals surface area contributed by atoms with Crippen LogP contribution in [0.4, 0.5) is 5.82 Å². The molecular weight excluding hydrogens is 374 g/mol. The van der Waals surface area contributed by atoms with Crippen LogP contribution in [0, 0.1) is 6.92 Å². The number of piperidine rings is 1. The molecule has 2 N–H and O–H groups in total. The number of hydrogen-bond acceptors (Lipinski definition) is 6. The molecule has 6 nitrogen and oxygen atoms in total. The Morgan fingerprint density at radius 1 is 0.967 bits per heavy atom. The van der Waals surface area contributed by atoms with E-state index in [1.807, 2.05) is 49.5 Å². The highest BCUT2D eigenvalue weighted by Crippen LogP contribution is 2.34. The summed E-state index contributed by atoms with van der Waals surface area (Å²) in [5.74, 6) is 1.07. The van der Waals surface area contributed by atoms with E-state index in [1.54, 1.807) is 6.07 Å². The van der Waals surface area contributed by atoms with E-state index in [0.717, 1.165) is 35.5 Å². The summed E-state index contributed by atoms with van der Waals surface area (Å²) in [6, 6.07) is 15.3. The normalized spacial score (nSPS) is 22.8. The van der Waals surface area contributed by atoms with E-state index in [0.29, 0.717) is 29.4 Å². The first-order chi connectivity index (χ1) is 14.6. The number of aromatic hydroxyl groups is 1. The van der Waals surface area contributed by atoms with E-state index in [9.17, 15) is 5.11 Å². The lowest BCUT2D eigenvalue weighted by atomic mass is 9.98. The summed E-state index contributed by atoms with van der Waals surface area (Å²) in [6.45, 7) is 1.96. The average molecular weight is 402 g/mol. The summed E-state index contributed by atoms with van der Waals surface area (Å²) < 4.78 is 0. The lowest BCUT2D eigenvalue weighted by Crippen LogP contribution is -2.47. The Balaban J connectivity index is 1.34. The Morgan fingerprint density at radius 3 is 2.37 bits per heavy atom. The number of nitrogens with one attached hydrogen (secondary N) is 1. The number of nitrogens with zero attached hydrogens (tertiary/aromatic N) is 4. The molecule has 2 bridgehead atoms. The van der Waals surface area contributed by atoms with Gasteiger partial charge < -0.3 is 15.3 Å². The van der Waals surface area contributed by atoms with Gasteiger partial charge in [0.2, 0.25) is 0 Å². The highest BCUT2D eigenvalue weighted by molar-refractivity contribution is 5.74. The van der Waals surface area contributed by atoms with Crippen LogP contribution in [-0.2, 0) is 0 Å². The van der Waals surface area contributed by atoms with Crippen LogP contribution in [-0.4, -0.2) is 45.5 Å². The molecule has 3 atom stereocenters. The van der Waals surface area contributed by atoms with E-state index >= 15 is 0 Å². The monoisotopic (exact) mass is 401 g/mol. The number of pyridine rings is 1. The van der Waals surface area contributed by atoms with Crippen LogP contribution in [0.5, 0.6) is 5.75 Å². The van der Waals surface area contributed by atoms with Gasteiger partial charge in [-0.15, -0.1) is 10.2 Å². The predicted molar refractivity (Wildman–Crippen MR) is 118 cm³/mol. The van der Waals surface area contributed by atoms with Gasteiger partial charge in [-0.1, -0.05) is 12.1 Å². The quantitative estimate of drug-likeness (QED) is 0.690. The van der Waals surface area contributed by atoms with Crippen molar-refractivity contribution in [1.82, 2.24) is 20.5 Å². The molecule has 1 aromatic carbocycles. The van der Waals surface area contributed by atoms with Crippen molar-refractivity contribution in [2.45, 2.75) is 50.7 Å². The molecule has 3 aromatic rings. The van der Waals surface area contributed by atoms with Crippen LogP contribution >= 0.6 is 0 Å². The van der Waals surface area contributed by atoms with Gasteiger partial charge in [-0.3, -0.25) is 4.98 Å². The summed E-state index contributed by atoms with van der Waals surface area (Å²) in [6.07, 6.45) is 6.71. The van der Waals surface area contributed by atoms with Gasteiger partial charge in [0.25, 0.3) is 0 Å². The number of rotatable bonds is 4. The number of aryl methyl sites for hydroxylation is 1. The van der Waals surface area contributed by atoms with Crippen LogP contribution < -0.4 is 10.2 Å². The van der Waals surface area contributed by atoms with E-state index in [2.05, 4.69) is 32.4 Å². The van der Waals surface area contributed by atoms with Crippen molar-refractivity contribution in [1.29, 1.82) is 0 Å². The number of phenols is 1. The Morgan fingerprint density at radius 2 is 1.73 bits per heavy atom. The van der Waals surface area contributed by atoms with E-state index in [4.69, 9.17) is 0 Å². The SMILES string of the molecule is Cc1ccc(-c2ccc(-c3ccc(N(C)[C@@H]4C[C@H]5CC[C@@H](C4)N5)nn3)c(O)c2)cn1. The molecule has 2 saturated heterocycles. The molecule has 0 radical (unpaired) electrons. The Labute approximate surface area is 177 Å². The molecule has 154 valence electrons. The maximum absolute atomic E-state index is 10.6. The van der Waals surface area contributed by atoms with E-state index in [1.165, 1.54) is 12.8 Å². The highest BCUT2D eigenvalue weighted by Gasteiger charge is 2.35. The lowest BCUT2D eigenvalue weighted by molar-refractivity contribution is 0.353. The van der Waals surface area contributed by atoms with Gasteiger partial charge in [-0.05, 0) is 68.5 Å². The minimum atomic E-state index is 0.193. The van der Waals surface area contributed by atoms with Crippen LogP contribution in [0.25, 0.3) is 22.4 Å². The maximum atomic E-state index is 10.6. The van der Waals surface area contributed by atoms with Gasteiger partial charge >= 0.3 is 0 Å². The molecule has 2 aliphatic heterocycles. The number of anilines is 1. The molecule has 5 rings (SSSR count). The third-order valence-corrected chi connectivity index (χ3v) is 6.53. The van der Waals surface area contributed by atoms with E-state index in [-0.39, 0.29) is 5.75 Å². The number of aromatic nitrogens is 3. The zero-order valence-electron chi connectivity index (χ0n) is 17.4. The zero-order chi connectivity index (χ0) is 20.7. The van der Waals surface area contributed by atoms with Crippen molar-refractivity contribution in [3.05, 3.63) is 54.4 Å². The van der Waals surface area contributed by atoms with Gasteiger partial charge in [-0.25, -0.2) is 0 Å². The van der Waals surface area contributed by atoms with Crippen LogP contribution in [0.1, 0.15) is 31.4 Å². The van der Waals surface area contributed by atoms with Crippen molar-refractivity contribution in [2.24, 2.45) is 0 Å². The average Bonchev–Trinajstić information content (AvgIpc) is 3.11. The highest BCUT2D eigenvalue weighted by atomic mass is 16.3. The topological polar surface area (TPSA) is 74.2 Å². The molecule has 30 heavy (non-hydrogen) atoms. The molecule has 0 aliphatic carbocycles. The van der Waals surface area contributed by atoms with Gasteiger partial charge in [-0.2, -0.15) is 0 Å². The van der Waals surface area contributed by atoms with Crippen molar-refractivity contribution >= 4 is 5.82 Å². The Kier molecular flexibility index (Phi) is 4.87. The van der Waals surface area contributed by atoms with Gasteiger partial charge in [0.1, 0.15) is 5.75 Å². The minimum Gasteiger partial charge on any atom is -0.507 e.